The third kappa shape index (κ3) is 2.49. The number of ether oxygens (including phenoxy) is 1. The lowest BCUT2D eigenvalue weighted by atomic mass is 10.1. The summed E-state index contributed by atoms with van der Waals surface area (Å²) < 4.78 is 19.5. The van der Waals surface area contributed by atoms with Crippen molar-refractivity contribution in [1.82, 2.24) is 15.3 Å². The third-order valence-electron chi connectivity index (χ3n) is 4.03. The average molecular weight is 285 g/mol. The van der Waals surface area contributed by atoms with Gasteiger partial charge in [-0.1, -0.05) is 0 Å². The summed E-state index contributed by atoms with van der Waals surface area (Å²) >= 11 is 0. The minimum absolute atomic E-state index is 0.210. The maximum absolute atomic E-state index is 13.5. The first kappa shape index (κ1) is 12.7. The highest BCUT2D eigenvalue weighted by atomic mass is 19.1. The van der Waals surface area contributed by atoms with Crippen LogP contribution in [0.5, 0.6) is 11.6 Å². The number of nitrogens with zero attached hydrogens (tertiary/aromatic N) is 2. The second kappa shape index (κ2) is 5.07. The van der Waals surface area contributed by atoms with Gasteiger partial charge in [0.1, 0.15) is 17.9 Å². The Morgan fingerprint density at radius 1 is 1.24 bits per heavy atom. The number of rotatable bonds is 3. The Hall–Kier alpha value is -2.01. The van der Waals surface area contributed by atoms with Crippen LogP contribution in [0, 0.1) is 5.82 Å². The molecule has 0 unspecified atom stereocenters. The van der Waals surface area contributed by atoms with Crippen molar-refractivity contribution in [3.63, 3.8) is 0 Å². The second-order valence-corrected chi connectivity index (χ2v) is 5.59. The maximum atomic E-state index is 13.5. The fourth-order valence-electron chi connectivity index (χ4n) is 2.77. The normalized spacial score (nSPS) is 17.4. The zero-order valence-corrected chi connectivity index (χ0v) is 11.6. The number of nitrogens with one attached hydrogen (secondary N) is 1. The van der Waals surface area contributed by atoms with E-state index in [0.29, 0.717) is 11.8 Å². The van der Waals surface area contributed by atoms with Crippen molar-refractivity contribution in [2.45, 2.75) is 31.7 Å². The van der Waals surface area contributed by atoms with Crippen molar-refractivity contribution in [3.05, 3.63) is 47.2 Å². The third-order valence-corrected chi connectivity index (χ3v) is 4.03. The molecule has 2 aromatic rings. The molecule has 1 aliphatic carbocycles. The van der Waals surface area contributed by atoms with Crippen LogP contribution in [0.4, 0.5) is 4.39 Å². The molecule has 0 atom stereocenters. The summed E-state index contributed by atoms with van der Waals surface area (Å²) in [6, 6.07) is 4.73. The fraction of sp³-hybridized carbons (Fsp3) is 0.375. The van der Waals surface area contributed by atoms with E-state index in [0.717, 1.165) is 54.9 Å². The zero-order chi connectivity index (χ0) is 14.2. The average Bonchev–Trinajstić information content (AvgIpc) is 3.34. The van der Waals surface area contributed by atoms with Crippen LogP contribution in [0.2, 0.25) is 0 Å². The highest BCUT2D eigenvalue weighted by Gasteiger charge is 2.28. The summed E-state index contributed by atoms with van der Waals surface area (Å²) in [6.07, 6.45) is 4.59. The Balaban J connectivity index is 1.70. The van der Waals surface area contributed by atoms with Gasteiger partial charge in [0.2, 0.25) is 5.88 Å². The van der Waals surface area contributed by atoms with E-state index in [-0.39, 0.29) is 5.82 Å². The molecule has 5 heteroatoms. The standard InChI is InChI=1S/C16H16FN3O/c17-11-3-4-15(13(7-11)10-1-2-10)21-16-12-5-6-18-8-14(12)19-9-20-16/h3-4,7,9-10,18H,1-2,5-6,8H2. The first-order valence-corrected chi connectivity index (χ1v) is 7.32. The van der Waals surface area contributed by atoms with Crippen molar-refractivity contribution in [3.8, 4) is 11.6 Å². The lowest BCUT2D eigenvalue weighted by Gasteiger charge is -2.19. The first-order valence-electron chi connectivity index (χ1n) is 7.32. The van der Waals surface area contributed by atoms with E-state index in [1.807, 2.05) is 0 Å². The van der Waals surface area contributed by atoms with Crippen LogP contribution in [0.25, 0.3) is 0 Å². The molecule has 1 fully saturated rings. The molecule has 1 aliphatic heterocycles. The lowest BCUT2D eigenvalue weighted by Crippen LogP contribution is -2.25. The molecular weight excluding hydrogens is 269 g/mol. The van der Waals surface area contributed by atoms with Crippen LogP contribution in [0.1, 0.15) is 35.6 Å². The van der Waals surface area contributed by atoms with Gasteiger partial charge < -0.3 is 10.1 Å². The monoisotopic (exact) mass is 285 g/mol. The molecule has 21 heavy (non-hydrogen) atoms. The summed E-state index contributed by atoms with van der Waals surface area (Å²) in [6.45, 7) is 1.64. The molecule has 2 aliphatic rings. The molecule has 2 heterocycles. The number of hydrogen-bond donors (Lipinski definition) is 1. The predicted octanol–water partition coefficient (Wildman–Crippen LogP) is 2.93. The predicted molar refractivity (Wildman–Crippen MR) is 75.9 cm³/mol. The van der Waals surface area contributed by atoms with Gasteiger partial charge in [-0.05, 0) is 49.9 Å². The van der Waals surface area contributed by atoms with Crippen LogP contribution in [-0.2, 0) is 13.0 Å². The van der Waals surface area contributed by atoms with Gasteiger partial charge in [-0.2, -0.15) is 0 Å². The van der Waals surface area contributed by atoms with Gasteiger partial charge in [0.05, 0.1) is 5.69 Å². The van der Waals surface area contributed by atoms with E-state index in [1.165, 1.54) is 12.4 Å². The van der Waals surface area contributed by atoms with Gasteiger partial charge in [-0.3, -0.25) is 0 Å². The molecular formula is C16H16FN3O. The molecule has 1 aromatic heterocycles. The van der Waals surface area contributed by atoms with E-state index in [9.17, 15) is 4.39 Å². The van der Waals surface area contributed by atoms with Crippen LogP contribution in [0.3, 0.4) is 0 Å². The summed E-state index contributed by atoms with van der Waals surface area (Å²) in [5.41, 5.74) is 3.00. The molecule has 1 N–H and O–H groups in total. The van der Waals surface area contributed by atoms with Crippen molar-refractivity contribution in [1.29, 1.82) is 0 Å². The van der Waals surface area contributed by atoms with E-state index in [1.54, 1.807) is 12.1 Å². The van der Waals surface area contributed by atoms with Gasteiger partial charge in [-0.25, -0.2) is 14.4 Å². The SMILES string of the molecule is Fc1ccc(Oc2ncnc3c2CCNC3)c(C2CC2)c1. The van der Waals surface area contributed by atoms with Gasteiger partial charge in [-0.15, -0.1) is 0 Å². The summed E-state index contributed by atoms with van der Waals surface area (Å²) in [4.78, 5) is 8.57. The van der Waals surface area contributed by atoms with Crippen molar-refractivity contribution in [2.75, 3.05) is 6.54 Å². The molecule has 4 nitrogen and oxygen atoms in total. The number of fused-ring (bicyclic) bond motifs is 1. The van der Waals surface area contributed by atoms with E-state index >= 15 is 0 Å². The van der Waals surface area contributed by atoms with Gasteiger partial charge in [0.25, 0.3) is 0 Å². The molecule has 0 radical (unpaired) electrons. The Bertz CT molecular complexity index is 685. The molecule has 4 rings (SSSR count). The van der Waals surface area contributed by atoms with Crippen LogP contribution >= 0.6 is 0 Å². The van der Waals surface area contributed by atoms with E-state index in [2.05, 4.69) is 15.3 Å². The van der Waals surface area contributed by atoms with Crippen LogP contribution < -0.4 is 10.1 Å². The molecule has 0 amide bonds. The van der Waals surface area contributed by atoms with E-state index < -0.39 is 0 Å². The highest BCUT2D eigenvalue weighted by Crippen LogP contribution is 2.45. The Labute approximate surface area is 122 Å². The van der Waals surface area contributed by atoms with Crippen LogP contribution in [-0.4, -0.2) is 16.5 Å². The summed E-state index contributed by atoms with van der Waals surface area (Å²) in [5, 5.41) is 3.28. The van der Waals surface area contributed by atoms with Gasteiger partial charge >= 0.3 is 0 Å². The quantitative estimate of drug-likeness (QED) is 0.942. The minimum atomic E-state index is -0.210. The van der Waals surface area contributed by atoms with Crippen molar-refractivity contribution >= 4 is 0 Å². The maximum Gasteiger partial charge on any atom is 0.225 e. The Kier molecular flexibility index (Phi) is 3.07. The number of hydrogen-bond acceptors (Lipinski definition) is 4. The van der Waals surface area contributed by atoms with Crippen molar-refractivity contribution < 1.29 is 9.13 Å². The highest BCUT2D eigenvalue weighted by molar-refractivity contribution is 5.43. The molecule has 1 aromatic carbocycles. The van der Waals surface area contributed by atoms with Gasteiger partial charge in [0, 0.05) is 17.7 Å². The van der Waals surface area contributed by atoms with Crippen LogP contribution in [0.15, 0.2) is 24.5 Å². The molecule has 1 saturated carbocycles. The smallest absolute Gasteiger partial charge is 0.225 e. The largest absolute Gasteiger partial charge is 0.438 e. The topological polar surface area (TPSA) is 47.0 Å². The number of aromatic nitrogens is 2. The summed E-state index contributed by atoms with van der Waals surface area (Å²) in [5.74, 6) is 1.54. The molecule has 0 saturated heterocycles. The summed E-state index contributed by atoms with van der Waals surface area (Å²) in [7, 11) is 0. The minimum Gasteiger partial charge on any atom is -0.438 e. The number of halogens is 1. The molecule has 0 spiro atoms. The second-order valence-electron chi connectivity index (χ2n) is 5.59. The Morgan fingerprint density at radius 2 is 2.14 bits per heavy atom. The first-order chi connectivity index (χ1) is 10.3. The Morgan fingerprint density at radius 3 is 3.00 bits per heavy atom. The van der Waals surface area contributed by atoms with Gasteiger partial charge in [0.15, 0.2) is 0 Å². The lowest BCUT2D eigenvalue weighted by molar-refractivity contribution is 0.439. The number of benzene rings is 1. The van der Waals surface area contributed by atoms with E-state index in [4.69, 9.17) is 4.74 Å². The molecule has 0 bridgehead atoms. The zero-order valence-electron chi connectivity index (χ0n) is 11.6. The molecule has 108 valence electrons. The fourth-order valence-corrected chi connectivity index (χ4v) is 2.77. The van der Waals surface area contributed by atoms with Crippen molar-refractivity contribution in [2.24, 2.45) is 0 Å².